The Morgan fingerprint density at radius 3 is 2.74 bits per heavy atom. The fourth-order valence-corrected chi connectivity index (χ4v) is 3.18. The molecule has 0 fully saturated rings. The number of aromatic hydroxyl groups is 1. The SMILES string of the molecule is Nc1cc(-c2c(O)c(Br)cc3c2CCCCC3)on1. The summed E-state index contributed by atoms with van der Waals surface area (Å²) in [6.45, 7) is 0. The lowest BCUT2D eigenvalue weighted by molar-refractivity contribution is 0.427. The summed E-state index contributed by atoms with van der Waals surface area (Å²) in [6, 6.07) is 3.67. The molecule has 1 aliphatic carbocycles. The highest BCUT2D eigenvalue weighted by Crippen LogP contribution is 2.42. The van der Waals surface area contributed by atoms with Crippen LogP contribution in [0.4, 0.5) is 5.82 Å². The predicted octanol–water partition coefficient (Wildman–Crippen LogP) is 3.66. The van der Waals surface area contributed by atoms with Gasteiger partial charge in [-0.2, -0.15) is 0 Å². The van der Waals surface area contributed by atoms with Gasteiger partial charge in [0.1, 0.15) is 5.75 Å². The topological polar surface area (TPSA) is 72.3 Å². The molecule has 1 aliphatic rings. The minimum atomic E-state index is 0.205. The van der Waals surface area contributed by atoms with E-state index in [0.717, 1.165) is 30.4 Å². The van der Waals surface area contributed by atoms with Gasteiger partial charge in [-0.05, 0) is 58.8 Å². The summed E-state index contributed by atoms with van der Waals surface area (Å²) in [5.74, 6) is 1.07. The minimum Gasteiger partial charge on any atom is -0.506 e. The third-order valence-corrected chi connectivity index (χ3v) is 4.21. The molecule has 100 valence electrons. The molecule has 0 atom stereocenters. The molecule has 2 aromatic rings. The average molecular weight is 323 g/mol. The standard InChI is InChI=1S/C14H15BrN2O2/c15-10-6-8-4-2-1-3-5-9(8)13(14(10)18)11-7-12(16)17-19-11/h6-7,18H,1-5H2,(H2,16,17). The van der Waals surface area contributed by atoms with E-state index < -0.39 is 0 Å². The highest BCUT2D eigenvalue weighted by atomic mass is 79.9. The highest BCUT2D eigenvalue weighted by molar-refractivity contribution is 9.10. The molecule has 0 aliphatic heterocycles. The van der Waals surface area contributed by atoms with Gasteiger partial charge in [-0.3, -0.25) is 0 Å². The van der Waals surface area contributed by atoms with Gasteiger partial charge in [0.25, 0.3) is 0 Å². The molecular weight excluding hydrogens is 308 g/mol. The Balaban J connectivity index is 2.24. The van der Waals surface area contributed by atoms with Crippen molar-refractivity contribution in [1.29, 1.82) is 0 Å². The number of phenolic OH excluding ortho intramolecular Hbond substituents is 1. The number of nitrogen functional groups attached to an aromatic ring is 1. The summed E-state index contributed by atoms with van der Waals surface area (Å²) in [4.78, 5) is 0. The number of halogens is 1. The van der Waals surface area contributed by atoms with E-state index in [1.165, 1.54) is 18.4 Å². The van der Waals surface area contributed by atoms with Crippen molar-refractivity contribution in [2.45, 2.75) is 32.1 Å². The Bertz CT molecular complexity index is 622. The second kappa shape index (κ2) is 4.89. The van der Waals surface area contributed by atoms with Crippen LogP contribution in [0.15, 0.2) is 21.1 Å². The first-order valence-corrected chi connectivity index (χ1v) is 7.22. The first-order valence-electron chi connectivity index (χ1n) is 6.42. The summed E-state index contributed by atoms with van der Waals surface area (Å²) in [6.07, 6.45) is 5.51. The molecule has 5 heteroatoms. The van der Waals surface area contributed by atoms with Crippen molar-refractivity contribution in [1.82, 2.24) is 5.16 Å². The van der Waals surface area contributed by atoms with Gasteiger partial charge in [0.05, 0.1) is 10.0 Å². The number of hydrogen-bond acceptors (Lipinski definition) is 4. The lowest BCUT2D eigenvalue weighted by atomic mass is 9.95. The second-order valence-corrected chi connectivity index (χ2v) is 5.75. The Morgan fingerprint density at radius 1 is 1.21 bits per heavy atom. The fourth-order valence-electron chi connectivity index (χ4n) is 2.71. The van der Waals surface area contributed by atoms with Crippen LogP contribution in [0.3, 0.4) is 0 Å². The van der Waals surface area contributed by atoms with Crippen LogP contribution >= 0.6 is 15.9 Å². The van der Waals surface area contributed by atoms with Crippen molar-refractivity contribution in [3.63, 3.8) is 0 Å². The van der Waals surface area contributed by atoms with E-state index in [0.29, 0.717) is 16.1 Å². The lowest BCUT2D eigenvalue weighted by Crippen LogP contribution is -1.96. The normalized spacial score (nSPS) is 15.0. The van der Waals surface area contributed by atoms with Gasteiger partial charge in [-0.25, -0.2) is 0 Å². The zero-order valence-electron chi connectivity index (χ0n) is 10.4. The van der Waals surface area contributed by atoms with Crippen molar-refractivity contribution in [3.05, 3.63) is 27.7 Å². The summed E-state index contributed by atoms with van der Waals surface area (Å²) in [5.41, 5.74) is 8.78. The van der Waals surface area contributed by atoms with Crippen molar-refractivity contribution >= 4 is 21.7 Å². The van der Waals surface area contributed by atoms with E-state index in [-0.39, 0.29) is 5.75 Å². The first kappa shape index (κ1) is 12.5. The summed E-state index contributed by atoms with van der Waals surface area (Å²) < 4.78 is 5.93. The smallest absolute Gasteiger partial charge is 0.173 e. The van der Waals surface area contributed by atoms with Gasteiger partial charge in [0, 0.05) is 6.07 Å². The molecule has 1 aromatic carbocycles. The van der Waals surface area contributed by atoms with Crippen LogP contribution in [-0.4, -0.2) is 10.3 Å². The van der Waals surface area contributed by atoms with E-state index in [2.05, 4.69) is 21.1 Å². The highest BCUT2D eigenvalue weighted by Gasteiger charge is 2.22. The maximum atomic E-state index is 10.3. The van der Waals surface area contributed by atoms with E-state index in [9.17, 15) is 5.11 Å². The van der Waals surface area contributed by atoms with Crippen LogP contribution in [0.2, 0.25) is 0 Å². The quantitative estimate of drug-likeness (QED) is 0.786. The van der Waals surface area contributed by atoms with Crippen LogP contribution in [0.1, 0.15) is 30.4 Å². The molecule has 0 saturated carbocycles. The fraction of sp³-hybridized carbons (Fsp3) is 0.357. The number of rotatable bonds is 1. The van der Waals surface area contributed by atoms with Gasteiger partial charge >= 0.3 is 0 Å². The molecule has 0 spiro atoms. The van der Waals surface area contributed by atoms with Gasteiger partial charge < -0.3 is 15.4 Å². The van der Waals surface area contributed by atoms with Gasteiger partial charge in [0.15, 0.2) is 11.6 Å². The number of anilines is 1. The average Bonchev–Trinajstić information content (AvgIpc) is 2.67. The number of fused-ring (bicyclic) bond motifs is 1. The number of benzene rings is 1. The first-order chi connectivity index (χ1) is 9.16. The zero-order valence-corrected chi connectivity index (χ0v) is 12.0. The zero-order chi connectivity index (χ0) is 13.4. The molecule has 3 N–H and O–H groups in total. The largest absolute Gasteiger partial charge is 0.506 e. The summed E-state index contributed by atoms with van der Waals surface area (Å²) >= 11 is 3.41. The Hall–Kier alpha value is -1.49. The van der Waals surface area contributed by atoms with Crippen LogP contribution in [0.5, 0.6) is 5.75 Å². The maximum absolute atomic E-state index is 10.3. The van der Waals surface area contributed by atoms with E-state index in [1.807, 2.05) is 6.07 Å². The third-order valence-electron chi connectivity index (χ3n) is 3.60. The van der Waals surface area contributed by atoms with E-state index in [1.54, 1.807) is 6.07 Å². The number of phenols is 1. The van der Waals surface area contributed by atoms with E-state index in [4.69, 9.17) is 10.3 Å². The number of nitrogens with two attached hydrogens (primary N) is 1. The van der Waals surface area contributed by atoms with Crippen molar-refractivity contribution in [2.24, 2.45) is 0 Å². The maximum Gasteiger partial charge on any atom is 0.173 e. The van der Waals surface area contributed by atoms with E-state index >= 15 is 0 Å². The molecule has 4 nitrogen and oxygen atoms in total. The van der Waals surface area contributed by atoms with Crippen LogP contribution in [0, 0.1) is 0 Å². The Labute approximate surface area is 119 Å². The monoisotopic (exact) mass is 322 g/mol. The summed E-state index contributed by atoms with van der Waals surface area (Å²) in [7, 11) is 0. The van der Waals surface area contributed by atoms with Gasteiger partial charge in [-0.15, -0.1) is 0 Å². The lowest BCUT2D eigenvalue weighted by Gasteiger charge is -2.13. The molecule has 0 radical (unpaired) electrons. The van der Waals surface area contributed by atoms with Crippen molar-refractivity contribution in [3.8, 4) is 17.1 Å². The molecule has 0 unspecified atom stereocenters. The van der Waals surface area contributed by atoms with Crippen LogP contribution in [-0.2, 0) is 12.8 Å². The van der Waals surface area contributed by atoms with Crippen LogP contribution < -0.4 is 5.73 Å². The summed E-state index contributed by atoms with van der Waals surface area (Å²) in [5, 5.41) is 14.0. The van der Waals surface area contributed by atoms with Gasteiger partial charge in [-0.1, -0.05) is 11.6 Å². The number of nitrogens with zero attached hydrogens (tertiary/aromatic N) is 1. The van der Waals surface area contributed by atoms with Gasteiger partial charge in [0.2, 0.25) is 0 Å². The predicted molar refractivity (Wildman–Crippen MR) is 77.0 cm³/mol. The van der Waals surface area contributed by atoms with Crippen molar-refractivity contribution in [2.75, 3.05) is 5.73 Å². The molecule has 19 heavy (non-hydrogen) atoms. The Kier molecular flexibility index (Phi) is 3.22. The molecule has 0 bridgehead atoms. The number of aromatic nitrogens is 1. The molecule has 0 amide bonds. The molecule has 1 aromatic heterocycles. The minimum absolute atomic E-state index is 0.205. The second-order valence-electron chi connectivity index (χ2n) is 4.90. The van der Waals surface area contributed by atoms with Crippen molar-refractivity contribution < 1.29 is 9.63 Å². The molecule has 1 heterocycles. The number of hydrogen-bond donors (Lipinski definition) is 2. The third kappa shape index (κ3) is 2.23. The van der Waals surface area contributed by atoms with Crippen LogP contribution in [0.25, 0.3) is 11.3 Å². The molecule has 3 rings (SSSR count). The molecule has 0 saturated heterocycles. The Morgan fingerprint density at radius 2 is 2.00 bits per heavy atom. The molecular formula is C14H15BrN2O2. The number of aryl methyl sites for hydroxylation is 1.